The number of amides is 2. The maximum atomic E-state index is 12.7. The summed E-state index contributed by atoms with van der Waals surface area (Å²) in [5, 5.41) is 2.28. The van der Waals surface area contributed by atoms with Gasteiger partial charge in [-0.15, -0.1) is 11.3 Å². The van der Waals surface area contributed by atoms with Gasteiger partial charge in [0, 0.05) is 10.9 Å². The molecule has 0 aliphatic rings. The van der Waals surface area contributed by atoms with Gasteiger partial charge in [0.25, 0.3) is 11.8 Å². The molecule has 0 atom stereocenters. The van der Waals surface area contributed by atoms with E-state index < -0.39 is 11.8 Å². The average molecular weight is 536 g/mol. The zero-order valence-corrected chi connectivity index (χ0v) is 21.7. The molecule has 0 saturated heterocycles. The fraction of sp³-hybridized carbons (Fsp3) is 0.0645. The Morgan fingerprint density at radius 2 is 1.26 bits per heavy atom. The molecule has 7 nitrogen and oxygen atoms in total. The van der Waals surface area contributed by atoms with Crippen LogP contribution in [0.2, 0.25) is 0 Å². The van der Waals surface area contributed by atoms with E-state index in [4.69, 9.17) is 9.47 Å². The Labute approximate surface area is 230 Å². The van der Waals surface area contributed by atoms with Crippen LogP contribution in [-0.2, 0) is 13.2 Å². The Morgan fingerprint density at radius 3 is 1.95 bits per heavy atom. The van der Waals surface area contributed by atoms with Crippen molar-refractivity contribution in [2.45, 2.75) is 13.2 Å². The molecule has 2 N–H and O–H groups in total. The molecule has 0 radical (unpaired) electrons. The molecule has 5 aromatic rings. The lowest BCUT2D eigenvalue weighted by atomic mass is 10.2. The van der Waals surface area contributed by atoms with Crippen LogP contribution in [0.25, 0.3) is 10.6 Å². The lowest BCUT2D eigenvalue weighted by molar-refractivity contribution is 0.0844. The molecule has 0 aliphatic carbocycles. The van der Waals surface area contributed by atoms with Crippen LogP contribution >= 0.6 is 11.3 Å². The highest BCUT2D eigenvalue weighted by molar-refractivity contribution is 7.13. The summed E-state index contributed by atoms with van der Waals surface area (Å²) in [4.78, 5) is 29.7. The number of nitrogens with zero attached hydrogens (tertiary/aromatic N) is 1. The first-order chi connectivity index (χ1) is 19.2. The van der Waals surface area contributed by atoms with Crippen molar-refractivity contribution in [1.82, 2.24) is 15.8 Å². The fourth-order valence-electron chi connectivity index (χ4n) is 3.70. The summed E-state index contributed by atoms with van der Waals surface area (Å²) in [6.07, 6.45) is 0. The summed E-state index contributed by atoms with van der Waals surface area (Å²) >= 11 is 1.32. The molecule has 39 heavy (non-hydrogen) atoms. The van der Waals surface area contributed by atoms with Gasteiger partial charge in [-0.3, -0.25) is 20.4 Å². The van der Waals surface area contributed by atoms with E-state index >= 15 is 0 Å². The molecule has 8 heteroatoms. The van der Waals surface area contributed by atoms with Crippen molar-refractivity contribution in [1.29, 1.82) is 0 Å². The van der Waals surface area contributed by atoms with Gasteiger partial charge in [0.1, 0.15) is 35.4 Å². The smallest absolute Gasteiger partial charge is 0.289 e. The van der Waals surface area contributed by atoms with E-state index in [2.05, 4.69) is 15.8 Å². The summed E-state index contributed by atoms with van der Waals surface area (Å²) in [5.41, 5.74) is 8.33. The molecule has 0 fully saturated rings. The van der Waals surface area contributed by atoms with Crippen molar-refractivity contribution in [2.24, 2.45) is 0 Å². The average Bonchev–Trinajstić information content (AvgIpc) is 3.49. The van der Waals surface area contributed by atoms with Gasteiger partial charge < -0.3 is 9.47 Å². The van der Waals surface area contributed by atoms with Crippen LogP contribution in [-0.4, -0.2) is 16.8 Å². The number of para-hydroxylation sites is 1. The van der Waals surface area contributed by atoms with Gasteiger partial charge in [0.05, 0.1) is 5.56 Å². The number of rotatable bonds is 9. The molecule has 2 amide bonds. The van der Waals surface area contributed by atoms with Gasteiger partial charge in [-0.2, -0.15) is 0 Å². The van der Waals surface area contributed by atoms with Gasteiger partial charge in [0.2, 0.25) is 0 Å². The van der Waals surface area contributed by atoms with Crippen molar-refractivity contribution in [3.8, 4) is 22.1 Å². The van der Waals surface area contributed by atoms with Crippen LogP contribution in [0.4, 0.5) is 0 Å². The maximum absolute atomic E-state index is 12.7. The molecular weight excluding hydrogens is 510 g/mol. The molecule has 5 rings (SSSR count). The van der Waals surface area contributed by atoms with Gasteiger partial charge in [-0.25, -0.2) is 4.98 Å². The third-order valence-corrected chi connectivity index (χ3v) is 6.62. The van der Waals surface area contributed by atoms with Gasteiger partial charge >= 0.3 is 0 Å². The summed E-state index contributed by atoms with van der Waals surface area (Å²) < 4.78 is 11.8. The van der Waals surface area contributed by atoms with E-state index in [1.807, 2.05) is 84.9 Å². The molecule has 0 aliphatic heterocycles. The van der Waals surface area contributed by atoms with Crippen LogP contribution in [0.3, 0.4) is 0 Å². The first kappa shape index (κ1) is 25.7. The second kappa shape index (κ2) is 12.5. The number of hydrogen-bond donors (Lipinski definition) is 2. The standard InChI is InChI=1S/C31H25N3O4S/c35-29(24-15-17-25(18-16-24)37-19-22-9-3-1-4-10-22)33-34-30(36)27-21-39-31(32-27)26-13-7-8-14-28(26)38-20-23-11-5-2-6-12-23/h1-18,21H,19-20H2,(H,33,35)(H,34,36). The molecule has 0 bridgehead atoms. The predicted octanol–water partition coefficient (Wildman–Crippen LogP) is 6.04. The number of nitrogens with one attached hydrogen (secondary N) is 2. The van der Waals surface area contributed by atoms with Crippen molar-refractivity contribution >= 4 is 23.2 Å². The summed E-state index contributed by atoms with van der Waals surface area (Å²) in [6.45, 7) is 0.852. The van der Waals surface area contributed by atoms with E-state index in [1.165, 1.54) is 11.3 Å². The highest BCUT2D eigenvalue weighted by Gasteiger charge is 2.16. The Hall–Kier alpha value is -4.95. The topological polar surface area (TPSA) is 89.6 Å². The fourth-order valence-corrected chi connectivity index (χ4v) is 4.53. The van der Waals surface area contributed by atoms with Crippen molar-refractivity contribution in [3.05, 3.63) is 137 Å². The third-order valence-electron chi connectivity index (χ3n) is 5.75. The number of benzene rings is 4. The number of carbonyl (C=O) groups excluding carboxylic acids is 2. The van der Waals surface area contributed by atoms with Crippen LogP contribution in [0.5, 0.6) is 11.5 Å². The number of carbonyl (C=O) groups is 2. The highest BCUT2D eigenvalue weighted by atomic mass is 32.1. The van der Waals surface area contributed by atoms with E-state index in [9.17, 15) is 9.59 Å². The second-order valence-electron chi connectivity index (χ2n) is 8.52. The molecule has 194 valence electrons. The number of thiazole rings is 1. The predicted molar refractivity (Wildman–Crippen MR) is 150 cm³/mol. The van der Waals surface area contributed by atoms with Crippen molar-refractivity contribution < 1.29 is 19.1 Å². The lowest BCUT2D eigenvalue weighted by Crippen LogP contribution is -2.41. The monoisotopic (exact) mass is 535 g/mol. The molecule has 4 aromatic carbocycles. The van der Waals surface area contributed by atoms with E-state index in [0.717, 1.165) is 16.7 Å². The van der Waals surface area contributed by atoms with Crippen LogP contribution in [0.1, 0.15) is 32.0 Å². The van der Waals surface area contributed by atoms with Gasteiger partial charge in [0.15, 0.2) is 0 Å². The zero-order valence-electron chi connectivity index (χ0n) is 20.9. The molecule has 0 unspecified atom stereocenters. The Balaban J connectivity index is 1.15. The zero-order chi connectivity index (χ0) is 26.9. The third kappa shape index (κ3) is 6.88. The molecule has 0 spiro atoms. The number of ether oxygens (including phenoxy) is 2. The summed E-state index contributed by atoms with van der Waals surface area (Å²) in [5.74, 6) is 0.346. The number of aromatic nitrogens is 1. The van der Waals surface area contributed by atoms with Crippen molar-refractivity contribution in [3.63, 3.8) is 0 Å². The minimum Gasteiger partial charge on any atom is -0.489 e. The van der Waals surface area contributed by atoms with Crippen molar-refractivity contribution in [2.75, 3.05) is 0 Å². The number of hydrogen-bond acceptors (Lipinski definition) is 6. The van der Waals surface area contributed by atoms with E-state index in [-0.39, 0.29) is 5.69 Å². The highest BCUT2D eigenvalue weighted by Crippen LogP contribution is 2.32. The van der Waals surface area contributed by atoms with E-state index in [1.54, 1.807) is 29.6 Å². The maximum Gasteiger partial charge on any atom is 0.289 e. The van der Waals surface area contributed by atoms with Crippen LogP contribution in [0, 0.1) is 0 Å². The minimum absolute atomic E-state index is 0.192. The Kier molecular flexibility index (Phi) is 8.25. The largest absolute Gasteiger partial charge is 0.489 e. The Bertz CT molecular complexity index is 1540. The van der Waals surface area contributed by atoms with E-state index in [0.29, 0.717) is 35.3 Å². The molecule has 1 heterocycles. The minimum atomic E-state index is -0.517. The first-order valence-corrected chi connectivity index (χ1v) is 13.1. The van der Waals surface area contributed by atoms with Crippen LogP contribution in [0.15, 0.2) is 115 Å². The first-order valence-electron chi connectivity index (χ1n) is 12.2. The summed E-state index contributed by atoms with van der Waals surface area (Å²) in [7, 11) is 0. The molecule has 1 aromatic heterocycles. The normalized spacial score (nSPS) is 10.5. The Morgan fingerprint density at radius 1 is 0.667 bits per heavy atom. The number of hydrazine groups is 1. The molecular formula is C31H25N3O4S. The van der Waals surface area contributed by atoms with Crippen LogP contribution < -0.4 is 20.3 Å². The van der Waals surface area contributed by atoms with Gasteiger partial charge in [-0.1, -0.05) is 72.8 Å². The lowest BCUT2D eigenvalue weighted by Gasteiger charge is -2.10. The van der Waals surface area contributed by atoms with Gasteiger partial charge in [-0.05, 0) is 47.5 Å². The molecule has 0 saturated carbocycles. The quantitative estimate of drug-likeness (QED) is 0.225. The second-order valence-corrected chi connectivity index (χ2v) is 9.37. The summed E-state index contributed by atoms with van der Waals surface area (Å²) in [6, 6.07) is 33.9. The SMILES string of the molecule is O=C(NNC(=O)c1csc(-c2ccccc2OCc2ccccc2)n1)c1ccc(OCc2ccccc2)cc1.